The van der Waals surface area contributed by atoms with Crippen molar-refractivity contribution in [1.82, 2.24) is 10.6 Å². The van der Waals surface area contributed by atoms with E-state index < -0.39 is 17.6 Å². The Morgan fingerprint density at radius 3 is 2.72 bits per heavy atom. The molecule has 2 rings (SSSR count). The average Bonchev–Trinajstić information content (AvgIpc) is 2.79. The van der Waals surface area contributed by atoms with Crippen LogP contribution in [-0.4, -0.2) is 19.1 Å². The van der Waals surface area contributed by atoms with Gasteiger partial charge in [-0.2, -0.15) is 13.2 Å². The lowest BCUT2D eigenvalue weighted by atomic mass is 10.1. The largest absolute Gasteiger partial charge is 0.416 e. The third kappa shape index (κ3) is 3.20. The molecular formula is C12H14F4N2. The summed E-state index contributed by atoms with van der Waals surface area (Å²) in [4.78, 5) is 0. The third-order valence-corrected chi connectivity index (χ3v) is 3.02. The minimum Gasteiger partial charge on any atom is -0.315 e. The fourth-order valence-electron chi connectivity index (χ4n) is 2.05. The van der Waals surface area contributed by atoms with Gasteiger partial charge >= 0.3 is 6.18 Å². The second-order valence-corrected chi connectivity index (χ2v) is 4.37. The van der Waals surface area contributed by atoms with E-state index in [1.807, 2.05) is 0 Å². The molecular weight excluding hydrogens is 248 g/mol. The minimum absolute atomic E-state index is 0.0794. The maximum absolute atomic E-state index is 12.9. The summed E-state index contributed by atoms with van der Waals surface area (Å²) in [6.45, 7) is 1.72. The fourth-order valence-corrected chi connectivity index (χ4v) is 2.05. The molecule has 1 fully saturated rings. The molecule has 1 heterocycles. The number of halogens is 4. The number of benzene rings is 1. The monoisotopic (exact) mass is 262 g/mol. The highest BCUT2D eigenvalue weighted by Crippen LogP contribution is 2.32. The highest BCUT2D eigenvalue weighted by atomic mass is 19.4. The predicted molar refractivity (Wildman–Crippen MR) is 59.5 cm³/mol. The van der Waals surface area contributed by atoms with Crippen LogP contribution >= 0.6 is 0 Å². The molecule has 1 aliphatic rings. The molecule has 0 aliphatic carbocycles. The average molecular weight is 262 g/mol. The quantitative estimate of drug-likeness (QED) is 0.817. The van der Waals surface area contributed by atoms with Crippen LogP contribution in [0.25, 0.3) is 0 Å². The smallest absolute Gasteiger partial charge is 0.315 e. The summed E-state index contributed by atoms with van der Waals surface area (Å²) in [5.74, 6) is -0.867. The molecule has 6 heteroatoms. The molecule has 0 saturated carbocycles. The van der Waals surface area contributed by atoms with E-state index in [1.54, 1.807) is 0 Å². The molecule has 2 nitrogen and oxygen atoms in total. The first kappa shape index (κ1) is 13.3. The van der Waals surface area contributed by atoms with Crippen molar-refractivity contribution in [1.29, 1.82) is 0 Å². The lowest BCUT2D eigenvalue weighted by molar-refractivity contribution is -0.138. The van der Waals surface area contributed by atoms with E-state index in [2.05, 4.69) is 10.6 Å². The SMILES string of the molecule is Fc1ccc(CNC2CCNC2)c(C(F)(F)F)c1. The summed E-state index contributed by atoms with van der Waals surface area (Å²) in [5, 5.41) is 6.16. The summed E-state index contributed by atoms with van der Waals surface area (Å²) < 4.78 is 51.1. The van der Waals surface area contributed by atoms with Gasteiger partial charge in [-0.15, -0.1) is 0 Å². The van der Waals surface area contributed by atoms with E-state index in [9.17, 15) is 17.6 Å². The number of rotatable bonds is 3. The lowest BCUT2D eigenvalue weighted by Gasteiger charge is -2.16. The van der Waals surface area contributed by atoms with Crippen LogP contribution in [0.1, 0.15) is 17.5 Å². The third-order valence-electron chi connectivity index (χ3n) is 3.02. The van der Waals surface area contributed by atoms with Crippen molar-refractivity contribution in [3.63, 3.8) is 0 Å². The van der Waals surface area contributed by atoms with Crippen LogP contribution in [0.15, 0.2) is 18.2 Å². The highest BCUT2D eigenvalue weighted by molar-refractivity contribution is 5.30. The van der Waals surface area contributed by atoms with Gasteiger partial charge in [-0.25, -0.2) is 4.39 Å². The van der Waals surface area contributed by atoms with Gasteiger partial charge in [0.25, 0.3) is 0 Å². The molecule has 0 spiro atoms. The van der Waals surface area contributed by atoms with Crippen LogP contribution in [0, 0.1) is 5.82 Å². The van der Waals surface area contributed by atoms with Crippen molar-refractivity contribution in [2.75, 3.05) is 13.1 Å². The Bertz CT molecular complexity index is 411. The van der Waals surface area contributed by atoms with Gasteiger partial charge in [0.2, 0.25) is 0 Å². The molecule has 2 N–H and O–H groups in total. The summed E-state index contributed by atoms with van der Waals surface area (Å²) in [5.41, 5.74) is -0.822. The zero-order chi connectivity index (χ0) is 13.2. The fraction of sp³-hybridized carbons (Fsp3) is 0.500. The van der Waals surface area contributed by atoms with Crippen LogP contribution in [0.2, 0.25) is 0 Å². The van der Waals surface area contributed by atoms with Gasteiger partial charge in [-0.3, -0.25) is 0 Å². The van der Waals surface area contributed by atoms with E-state index in [0.29, 0.717) is 6.07 Å². The predicted octanol–water partition coefficient (Wildman–Crippen LogP) is 2.30. The van der Waals surface area contributed by atoms with Crippen molar-refractivity contribution in [2.24, 2.45) is 0 Å². The van der Waals surface area contributed by atoms with E-state index >= 15 is 0 Å². The molecule has 1 aromatic rings. The Kier molecular flexibility index (Phi) is 3.87. The van der Waals surface area contributed by atoms with Crippen molar-refractivity contribution in [2.45, 2.75) is 25.2 Å². The molecule has 1 saturated heterocycles. The molecule has 0 amide bonds. The van der Waals surface area contributed by atoms with E-state index in [1.165, 1.54) is 6.07 Å². The maximum Gasteiger partial charge on any atom is 0.416 e. The van der Waals surface area contributed by atoms with Crippen molar-refractivity contribution in [3.8, 4) is 0 Å². The number of alkyl halides is 3. The van der Waals surface area contributed by atoms with Gasteiger partial charge in [0.05, 0.1) is 5.56 Å². The number of hydrogen-bond donors (Lipinski definition) is 2. The summed E-state index contributed by atoms with van der Waals surface area (Å²) in [6, 6.07) is 2.97. The molecule has 1 aromatic carbocycles. The summed E-state index contributed by atoms with van der Waals surface area (Å²) >= 11 is 0. The Balaban J connectivity index is 2.11. The van der Waals surface area contributed by atoms with Gasteiger partial charge in [0.15, 0.2) is 0 Å². The molecule has 100 valence electrons. The topological polar surface area (TPSA) is 24.1 Å². The first-order valence-electron chi connectivity index (χ1n) is 5.76. The second-order valence-electron chi connectivity index (χ2n) is 4.37. The number of nitrogens with one attached hydrogen (secondary N) is 2. The normalized spacial score (nSPS) is 20.3. The number of hydrogen-bond acceptors (Lipinski definition) is 2. The zero-order valence-corrected chi connectivity index (χ0v) is 9.65. The van der Waals surface area contributed by atoms with Crippen LogP contribution in [0.4, 0.5) is 17.6 Å². The molecule has 0 bridgehead atoms. The van der Waals surface area contributed by atoms with E-state index in [0.717, 1.165) is 25.6 Å². The van der Waals surface area contributed by atoms with Crippen LogP contribution in [-0.2, 0) is 12.7 Å². The standard InChI is InChI=1S/C12H14F4N2/c13-9-2-1-8(11(5-9)12(14,15)16)6-18-10-3-4-17-7-10/h1-2,5,10,17-18H,3-4,6-7H2. The van der Waals surface area contributed by atoms with Crippen molar-refractivity contribution >= 4 is 0 Å². The van der Waals surface area contributed by atoms with Crippen LogP contribution in [0.3, 0.4) is 0 Å². The second kappa shape index (κ2) is 5.24. The highest BCUT2D eigenvalue weighted by Gasteiger charge is 2.33. The molecule has 0 radical (unpaired) electrons. The van der Waals surface area contributed by atoms with Gasteiger partial charge in [-0.1, -0.05) is 6.07 Å². The molecule has 18 heavy (non-hydrogen) atoms. The Hall–Kier alpha value is -1.14. The Morgan fingerprint density at radius 1 is 1.33 bits per heavy atom. The van der Waals surface area contributed by atoms with Gasteiger partial charge in [-0.05, 0) is 30.7 Å². The Labute approximate surface area is 102 Å². The van der Waals surface area contributed by atoms with Gasteiger partial charge in [0, 0.05) is 19.1 Å². The minimum atomic E-state index is -4.52. The van der Waals surface area contributed by atoms with Crippen molar-refractivity contribution in [3.05, 3.63) is 35.1 Å². The van der Waals surface area contributed by atoms with Crippen LogP contribution in [0.5, 0.6) is 0 Å². The van der Waals surface area contributed by atoms with Crippen LogP contribution < -0.4 is 10.6 Å². The molecule has 0 aromatic heterocycles. The maximum atomic E-state index is 12.9. The first-order chi connectivity index (χ1) is 8.47. The van der Waals surface area contributed by atoms with E-state index in [-0.39, 0.29) is 18.2 Å². The summed E-state index contributed by atoms with van der Waals surface area (Å²) in [6.07, 6.45) is -3.63. The summed E-state index contributed by atoms with van der Waals surface area (Å²) in [7, 11) is 0. The Morgan fingerprint density at radius 2 is 2.11 bits per heavy atom. The van der Waals surface area contributed by atoms with E-state index in [4.69, 9.17) is 0 Å². The molecule has 1 unspecified atom stereocenters. The van der Waals surface area contributed by atoms with Gasteiger partial charge < -0.3 is 10.6 Å². The molecule has 1 atom stereocenters. The zero-order valence-electron chi connectivity index (χ0n) is 9.65. The van der Waals surface area contributed by atoms with Gasteiger partial charge in [0.1, 0.15) is 5.82 Å². The lowest BCUT2D eigenvalue weighted by Crippen LogP contribution is -2.31. The van der Waals surface area contributed by atoms with Crippen molar-refractivity contribution < 1.29 is 17.6 Å². The first-order valence-corrected chi connectivity index (χ1v) is 5.76. The molecule has 1 aliphatic heterocycles.